The lowest BCUT2D eigenvalue weighted by atomic mass is 10.2. The molecule has 0 aromatic heterocycles. The van der Waals surface area contributed by atoms with Gasteiger partial charge in [0.25, 0.3) is 0 Å². The fourth-order valence-corrected chi connectivity index (χ4v) is 1.78. The lowest BCUT2D eigenvalue weighted by molar-refractivity contribution is 0.0218. The van der Waals surface area contributed by atoms with Gasteiger partial charge in [-0.15, -0.1) is 0 Å². The van der Waals surface area contributed by atoms with Crippen molar-refractivity contribution in [2.24, 2.45) is 5.92 Å². The highest BCUT2D eigenvalue weighted by molar-refractivity contribution is 6.32. The number of halogens is 1. The SMILES string of the molecule is CCOCOc1c(Cl)cccc1CNCC(C)C. The molecule has 0 aliphatic carbocycles. The Kier molecular flexibility index (Phi) is 7.09. The van der Waals surface area contributed by atoms with Gasteiger partial charge in [-0.1, -0.05) is 37.6 Å². The fourth-order valence-electron chi connectivity index (χ4n) is 1.53. The summed E-state index contributed by atoms with van der Waals surface area (Å²) in [4.78, 5) is 0. The largest absolute Gasteiger partial charge is 0.466 e. The highest BCUT2D eigenvalue weighted by Gasteiger charge is 2.08. The summed E-state index contributed by atoms with van der Waals surface area (Å²) >= 11 is 6.14. The van der Waals surface area contributed by atoms with E-state index in [-0.39, 0.29) is 6.79 Å². The van der Waals surface area contributed by atoms with Gasteiger partial charge in [0.2, 0.25) is 0 Å². The predicted molar refractivity (Wildman–Crippen MR) is 75.1 cm³/mol. The number of benzene rings is 1. The molecule has 18 heavy (non-hydrogen) atoms. The molecule has 4 heteroatoms. The molecule has 3 nitrogen and oxygen atoms in total. The average Bonchev–Trinajstić information content (AvgIpc) is 2.32. The Morgan fingerprint density at radius 1 is 1.33 bits per heavy atom. The second-order valence-corrected chi connectivity index (χ2v) is 4.92. The molecule has 0 amide bonds. The van der Waals surface area contributed by atoms with Gasteiger partial charge in [-0.05, 0) is 25.5 Å². The van der Waals surface area contributed by atoms with E-state index in [1.165, 1.54) is 0 Å². The maximum atomic E-state index is 6.14. The first-order valence-electron chi connectivity index (χ1n) is 6.33. The molecule has 0 saturated heterocycles. The molecule has 0 heterocycles. The van der Waals surface area contributed by atoms with Crippen molar-refractivity contribution in [2.45, 2.75) is 27.3 Å². The van der Waals surface area contributed by atoms with Gasteiger partial charge < -0.3 is 14.8 Å². The van der Waals surface area contributed by atoms with E-state index in [9.17, 15) is 0 Å². The summed E-state index contributed by atoms with van der Waals surface area (Å²) in [6.07, 6.45) is 0. The maximum absolute atomic E-state index is 6.14. The Morgan fingerprint density at radius 3 is 2.78 bits per heavy atom. The Labute approximate surface area is 114 Å². The first kappa shape index (κ1) is 15.3. The second-order valence-electron chi connectivity index (χ2n) is 4.51. The topological polar surface area (TPSA) is 30.5 Å². The summed E-state index contributed by atoms with van der Waals surface area (Å²) in [5, 5.41) is 4.00. The molecule has 1 aromatic carbocycles. The number of nitrogens with one attached hydrogen (secondary N) is 1. The zero-order valence-corrected chi connectivity index (χ0v) is 12.1. The van der Waals surface area contributed by atoms with Crippen molar-refractivity contribution >= 4 is 11.6 Å². The van der Waals surface area contributed by atoms with Crippen LogP contribution in [0.4, 0.5) is 0 Å². The molecule has 0 saturated carbocycles. The lowest BCUT2D eigenvalue weighted by Gasteiger charge is -2.14. The summed E-state index contributed by atoms with van der Waals surface area (Å²) in [7, 11) is 0. The van der Waals surface area contributed by atoms with Crippen molar-refractivity contribution in [3.05, 3.63) is 28.8 Å². The third kappa shape index (κ3) is 5.25. The highest BCUT2D eigenvalue weighted by atomic mass is 35.5. The van der Waals surface area contributed by atoms with Crippen LogP contribution in [0.1, 0.15) is 26.3 Å². The first-order valence-corrected chi connectivity index (χ1v) is 6.71. The molecule has 0 aliphatic rings. The zero-order chi connectivity index (χ0) is 13.4. The summed E-state index contributed by atoms with van der Waals surface area (Å²) in [6.45, 7) is 8.87. The molecule has 0 aliphatic heterocycles. The van der Waals surface area contributed by atoms with Crippen LogP contribution >= 0.6 is 11.6 Å². The van der Waals surface area contributed by atoms with Crippen molar-refractivity contribution in [1.82, 2.24) is 5.32 Å². The molecule has 1 rings (SSSR count). The van der Waals surface area contributed by atoms with E-state index < -0.39 is 0 Å². The standard InChI is InChI=1S/C14H22ClNO2/c1-4-17-10-18-14-12(6-5-7-13(14)15)9-16-8-11(2)3/h5-7,11,16H,4,8-10H2,1-3H3. The fraction of sp³-hybridized carbons (Fsp3) is 0.571. The maximum Gasteiger partial charge on any atom is 0.189 e. The van der Waals surface area contributed by atoms with Crippen LogP contribution in [0.25, 0.3) is 0 Å². The van der Waals surface area contributed by atoms with Crippen LogP contribution in [-0.2, 0) is 11.3 Å². The molecule has 0 bridgehead atoms. The monoisotopic (exact) mass is 271 g/mol. The molecule has 0 spiro atoms. The molecule has 0 unspecified atom stereocenters. The van der Waals surface area contributed by atoms with Crippen molar-refractivity contribution < 1.29 is 9.47 Å². The number of para-hydroxylation sites is 1. The Morgan fingerprint density at radius 2 is 2.11 bits per heavy atom. The van der Waals surface area contributed by atoms with Gasteiger partial charge in [0.15, 0.2) is 6.79 Å². The second kappa shape index (κ2) is 8.35. The van der Waals surface area contributed by atoms with Crippen LogP contribution in [0.5, 0.6) is 5.75 Å². The Bertz CT molecular complexity index is 356. The van der Waals surface area contributed by atoms with Crippen molar-refractivity contribution in [2.75, 3.05) is 19.9 Å². The van der Waals surface area contributed by atoms with Gasteiger partial charge in [-0.3, -0.25) is 0 Å². The van der Waals surface area contributed by atoms with Crippen molar-refractivity contribution in [1.29, 1.82) is 0 Å². The number of hydrogen-bond acceptors (Lipinski definition) is 3. The molecule has 0 atom stereocenters. The minimum atomic E-state index is 0.234. The normalized spacial score (nSPS) is 10.9. The van der Waals surface area contributed by atoms with Crippen LogP contribution in [-0.4, -0.2) is 19.9 Å². The molecular formula is C14H22ClNO2. The van der Waals surface area contributed by atoms with Gasteiger partial charge in [0.1, 0.15) is 5.75 Å². The van der Waals surface area contributed by atoms with Crippen LogP contribution < -0.4 is 10.1 Å². The molecule has 0 fully saturated rings. The van der Waals surface area contributed by atoms with E-state index in [0.717, 1.165) is 18.7 Å². The van der Waals surface area contributed by atoms with E-state index >= 15 is 0 Å². The van der Waals surface area contributed by atoms with E-state index in [4.69, 9.17) is 21.1 Å². The predicted octanol–water partition coefficient (Wildman–Crippen LogP) is 3.46. The summed E-state index contributed by atoms with van der Waals surface area (Å²) in [6, 6.07) is 5.78. The molecule has 102 valence electrons. The Balaban J connectivity index is 2.61. The third-order valence-corrected chi connectivity index (χ3v) is 2.70. The summed E-state index contributed by atoms with van der Waals surface area (Å²) in [5.74, 6) is 1.33. The quantitative estimate of drug-likeness (QED) is 0.580. The lowest BCUT2D eigenvalue weighted by Crippen LogP contribution is -2.19. The van der Waals surface area contributed by atoms with Gasteiger partial charge in [0, 0.05) is 18.7 Å². The van der Waals surface area contributed by atoms with Gasteiger partial charge >= 0.3 is 0 Å². The van der Waals surface area contributed by atoms with Gasteiger partial charge in [-0.25, -0.2) is 0 Å². The van der Waals surface area contributed by atoms with Crippen molar-refractivity contribution in [3.63, 3.8) is 0 Å². The van der Waals surface area contributed by atoms with Crippen LogP contribution in [0, 0.1) is 5.92 Å². The molecular weight excluding hydrogens is 250 g/mol. The number of ether oxygens (including phenoxy) is 2. The van der Waals surface area contributed by atoms with Gasteiger partial charge in [-0.2, -0.15) is 0 Å². The third-order valence-electron chi connectivity index (χ3n) is 2.41. The van der Waals surface area contributed by atoms with Crippen LogP contribution in [0.2, 0.25) is 5.02 Å². The van der Waals surface area contributed by atoms with E-state index in [2.05, 4.69) is 19.2 Å². The average molecular weight is 272 g/mol. The summed E-state index contributed by atoms with van der Waals surface area (Å²) < 4.78 is 10.8. The molecule has 0 radical (unpaired) electrons. The van der Waals surface area contributed by atoms with Crippen LogP contribution in [0.15, 0.2) is 18.2 Å². The minimum Gasteiger partial charge on any atom is -0.466 e. The summed E-state index contributed by atoms with van der Waals surface area (Å²) in [5.41, 5.74) is 1.06. The number of hydrogen-bond donors (Lipinski definition) is 1. The Hall–Kier alpha value is -0.770. The highest BCUT2D eigenvalue weighted by Crippen LogP contribution is 2.28. The molecule has 1 N–H and O–H groups in total. The van der Waals surface area contributed by atoms with Crippen LogP contribution in [0.3, 0.4) is 0 Å². The van der Waals surface area contributed by atoms with E-state index in [1.54, 1.807) is 0 Å². The van der Waals surface area contributed by atoms with Crippen molar-refractivity contribution in [3.8, 4) is 5.75 Å². The number of rotatable bonds is 8. The van der Waals surface area contributed by atoms with E-state index in [0.29, 0.717) is 23.3 Å². The molecule has 1 aromatic rings. The first-order chi connectivity index (χ1) is 8.65. The zero-order valence-electron chi connectivity index (χ0n) is 11.3. The van der Waals surface area contributed by atoms with Gasteiger partial charge in [0.05, 0.1) is 5.02 Å². The van der Waals surface area contributed by atoms with E-state index in [1.807, 2.05) is 25.1 Å². The minimum absolute atomic E-state index is 0.234. The smallest absolute Gasteiger partial charge is 0.189 e.